The molecule has 0 bridgehead atoms. The summed E-state index contributed by atoms with van der Waals surface area (Å²) in [5.74, 6) is -0.284. The predicted octanol–water partition coefficient (Wildman–Crippen LogP) is 5.11. The van der Waals surface area contributed by atoms with E-state index in [0.717, 1.165) is 25.7 Å². The van der Waals surface area contributed by atoms with Crippen LogP contribution in [0.3, 0.4) is 0 Å². The van der Waals surface area contributed by atoms with Crippen molar-refractivity contribution in [1.82, 2.24) is 0 Å². The van der Waals surface area contributed by atoms with Crippen molar-refractivity contribution >= 4 is 14.8 Å². The van der Waals surface area contributed by atoms with Crippen molar-refractivity contribution in [2.45, 2.75) is 57.9 Å². The summed E-state index contributed by atoms with van der Waals surface area (Å²) in [6.45, 7) is 1.41. The van der Waals surface area contributed by atoms with Crippen LogP contribution in [0.5, 0.6) is 5.75 Å². The van der Waals surface area contributed by atoms with Crippen LogP contribution in [0.1, 0.15) is 55.7 Å². The van der Waals surface area contributed by atoms with Crippen LogP contribution in [0.2, 0.25) is 0 Å². The largest absolute Gasteiger partial charge is 0.493 e. The molecule has 0 aromatic heterocycles. The molecule has 1 unspecified atom stereocenters. The lowest BCUT2D eigenvalue weighted by Crippen LogP contribution is -2.21. The summed E-state index contributed by atoms with van der Waals surface area (Å²) in [5, 5.41) is 8.98. The smallest absolute Gasteiger partial charge is 0.420 e. The molecule has 158 valence electrons. The number of aliphatic hydroxyl groups is 1. The molecule has 1 aromatic rings. The minimum absolute atomic E-state index is 0.178. The molecular weight excluding hydrogens is 394 g/mol. The third kappa shape index (κ3) is 8.27. The summed E-state index contributed by atoms with van der Waals surface area (Å²) < 4.78 is 62.0. The number of benzene rings is 1. The standard InChI is InChI=1S/C19H27F3NO4P/c1-2-3-4-5-6-11-26-17-10-8-14(7-9-15(23)12-24)16(13-27-28-25)18(17)19(20,21)22/h7-10,15,24H,2-6,11-13,23H2,1H3. The molecule has 28 heavy (non-hydrogen) atoms. The van der Waals surface area contributed by atoms with Crippen LogP contribution in [-0.2, 0) is 21.9 Å². The highest BCUT2D eigenvalue weighted by Gasteiger charge is 2.38. The summed E-state index contributed by atoms with van der Waals surface area (Å²) in [6.07, 6.45) is 2.82. The van der Waals surface area contributed by atoms with Gasteiger partial charge in [0.25, 0.3) is 0 Å². The lowest BCUT2D eigenvalue weighted by molar-refractivity contribution is -0.140. The zero-order valence-electron chi connectivity index (χ0n) is 15.9. The van der Waals surface area contributed by atoms with Gasteiger partial charge in [0.1, 0.15) is 11.3 Å². The first kappa shape index (κ1) is 24.6. The molecule has 0 heterocycles. The molecule has 1 aromatic carbocycles. The van der Waals surface area contributed by atoms with Crippen molar-refractivity contribution in [2.24, 2.45) is 5.73 Å². The second-order valence-electron chi connectivity index (χ2n) is 6.32. The molecule has 0 aliphatic carbocycles. The van der Waals surface area contributed by atoms with E-state index >= 15 is 0 Å². The number of alkyl halides is 3. The fraction of sp³-hybridized carbons (Fsp3) is 0.579. The molecule has 0 amide bonds. The Balaban J connectivity index is 3.14. The van der Waals surface area contributed by atoms with E-state index in [2.05, 4.69) is 6.92 Å². The average Bonchev–Trinajstić information content (AvgIpc) is 2.66. The number of rotatable bonds is 13. The Hall–Kier alpha value is -1.47. The Labute approximate surface area is 165 Å². The molecule has 0 spiro atoms. The second kappa shape index (κ2) is 12.9. The van der Waals surface area contributed by atoms with Crippen molar-refractivity contribution < 1.29 is 32.1 Å². The Morgan fingerprint density at radius 1 is 1.25 bits per heavy atom. The number of nitrogens with two attached hydrogens (primary N) is 1. The van der Waals surface area contributed by atoms with Crippen molar-refractivity contribution in [3.8, 4) is 5.75 Å². The number of unbranched alkanes of at least 4 members (excludes halogenated alkanes) is 4. The van der Waals surface area contributed by atoms with E-state index in [-0.39, 0.29) is 30.1 Å². The number of hydrogen-bond acceptors (Lipinski definition) is 5. The first-order chi connectivity index (χ1) is 13.3. The van der Waals surface area contributed by atoms with Gasteiger partial charge in [-0.3, -0.25) is 4.52 Å². The summed E-state index contributed by atoms with van der Waals surface area (Å²) in [4.78, 5) is 0. The molecule has 0 radical (unpaired) electrons. The Kier molecular flexibility index (Phi) is 11.3. The average molecular weight is 421 g/mol. The van der Waals surface area contributed by atoms with Gasteiger partial charge in [-0.05, 0) is 18.1 Å². The van der Waals surface area contributed by atoms with Crippen LogP contribution < -0.4 is 10.5 Å². The van der Waals surface area contributed by atoms with Gasteiger partial charge in [0.05, 0.1) is 19.8 Å². The van der Waals surface area contributed by atoms with Gasteiger partial charge in [0.15, 0.2) is 0 Å². The maximum Gasteiger partial charge on any atom is 0.420 e. The lowest BCUT2D eigenvalue weighted by atomic mass is 9.99. The van der Waals surface area contributed by atoms with E-state index in [1.807, 2.05) is 0 Å². The highest BCUT2D eigenvalue weighted by atomic mass is 31.1. The molecule has 3 N–H and O–H groups in total. The van der Waals surface area contributed by atoms with E-state index in [4.69, 9.17) is 20.1 Å². The molecule has 0 saturated heterocycles. The molecule has 1 atom stereocenters. The molecular formula is C19H27F3NO4P. The van der Waals surface area contributed by atoms with Crippen molar-refractivity contribution in [2.75, 3.05) is 13.2 Å². The van der Waals surface area contributed by atoms with E-state index in [1.165, 1.54) is 24.3 Å². The minimum atomic E-state index is -4.68. The van der Waals surface area contributed by atoms with E-state index in [1.54, 1.807) is 0 Å². The van der Waals surface area contributed by atoms with Crippen LogP contribution in [0.4, 0.5) is 13.2 Å². The van der Waals surface area contributed by atoms with Crippen LogP contribution in [-0.4, -0.2) is 24.4 Å². The molecule has 5 nitrogen and oxygen atoms in total. The normalized spacial score (nSPS) is 13.4. The van der Waals surface area contributed by atoms with E-state index in [0.29, 0.717) is 6.42 Å². The first-order valence-corrected chi connectivity index (χ1v) is 9.93. The second-order valence-corrected chi connectivity index (χ2v) is 6.73. The summed E-state index contributed by atoms with van der Waals surface area (Å²) >= 11 is 0. The maximum atomic E-state index is 13.8. The summed E-state index contributed by atoms with van der Waals surface area (Å²) in [7, 11) is -0.726. The lowest BCUT2D eigenvalue weighted by Gasteiger charge is -2.19. The van der Waals surface area contributed by atoms with Gasteiger partial charge in [-0.1, -0.05) is 50.8 Å². The molecule has 1 rings (SSSR count). The number of halogens is 3. The van der Waals surface area contributed by atoms with Crippen LogP contribution >= 0.6 is 8.69 Å². The number of aliphatic hydroxyl groups excluding tert-OH is 1. The maximum absolute atomic E-state index is 13.8. The van der Waals surface area contributed by atoms with Gasteiger partial charge in [0, 0.05) is 11.6 Å². The van der Waals surface area contributed by atoms with Gasteiger partial charge in [-0.2, -0.15) is 13.2 Å². The quantitative estimate of drug-likeness (QED) is 0.342. The highest BCUT2D eigenvalue weighted by molar-refractivity contribution is 7.17. The monoisotopic (exact) mass is 421 g/mol. The SMILES string of the molecule is CCCCCCCOc1ccc(C=CC(N)CO)c(COP=O)c1C(F)(F)F. The van der Waals surface area contributed by atoms with Gasteiger partial charge < -0.3 is 15.6 Å². The van der Waals surface area contributed by atoms with E-state index in [9.17, 15) is 17.7 Å². The molecule has 0 fully saturated rings. The van der Waals surface area contributed by atoms with Gasteiger partial charge in [-0.25, -0.2) is 4.57 Å². The predicted molar refractivity (Wildman–Crippen MR) is 102 cm³/mol. The third-order valence-electron chi connectivity index (χ3n) is 4.10. The Morgan fingerprint density at radius 2 is 1.96 bits per heavy atom. The van der Waals surface area contributed by atoms with Crippen LogP contribution in [0.25, 0.3) is 6.08 Å². The molecule has 0 saturated carbocycles. The first-order valence-electron chi connectivity index (χ1n) is 9.20. The third-order valence-corrected chi connectivity index (χ3v) is 4.33. The van der Waals surface area contributed by atoms with Gasteiger partial charge in [-0.15, -0.1) is 0 Å². The Morgan fingerprint density at radius 3 is 2.57 bits per heavy atom. The van der Waals surface area contributed by atoms with Gasteiger partial charge >= 0.3 is 14.9 Å². The zero-order chi connectivity index (χ0) is 21.0. The minimum Gasteiger partial charge on any atom is -0.493 e. The summed E-state index contributed by atoms with van der Waals surface area (Å²) in [6, 6.07) is 2.01. The molecule has 0 aliphatic heterocycles. The number of hydrogen-bond donors (Lipinski definition) is 2. The Bertz CT molecular complexity index is 638. The zero-order valence-corrected chi connectivity index (χ0v) is 16.8. The summed E-state index contributed by atoms with van der Waals surface area (Å²) in [5.41, 5.74) is 4.63. The molecule has 9 heteroatoms. The molecule has 0 aliphatic rings. The highest BCUT2D eigenvalue weighted by Crippen LogP contribution is 2.41. The van der Waals surface area contributed by atoms with Crippen LogP contribution in [0.15, 0.2) is 18.2 Å². The van der Waals surface area contributed by atoms with Crippen molar-refractivity contribution in [3.63, 3.8) is 0 Å². The van der Waals surface area contributed by atoms with Crippen molar-refractivity contribution in [3.05, 3.63) is 34.9 Å². The van der Waals surface area contributed by atoms with E-state index < -0.39 is 33.1 Å². The van der Waals surface area contributed by atoms with Crippen molar-refractivity contribution in [1.29, 1.82) is 0 Å². The topological polar surface area (TPSA) is 81.8 Å². The van der Waals surface area contributed by atoms with Crippen LogP contribution in [0, 0.1) is 0 Å². The fourth-order valence-electron chi connectivity index (χ4n) is 2.65. The van der Waals surface area contributed by atoms with Gasteiger partial charge in [0.2, 0.25) is 0 Å². The number of ether oxygens (including phenoxy) is 1. The fourth-order valence-corrected chi connectivity index (χ4v) is 2.83.